The third-order valence-electron chi connectivity index (χ3n) is 10.2. The second kappa shape index (κ2) is 20.0. The number of aryl methyl sites for hydroxylation is 4. The van der Waals surface area contributed by atoms with Crippen LogP contribution in [0.15, 0.2) is 71.8 Å². The standard InChI is InChI=1S/C42H62O/c1-3-5-7-9-11-35-13-17-37(18-14-35)21-23-39-25-29-41(30-26-39)33-43-34-42-31-27-40(28-32-42)24-22-38-19-15-36(16-20-38)12-10-8-6-4-2/h13-20,29,31,39-40H,3-12,21-28,30,32-34H2,1-2H3. The summed E-state index contributed by atoms with van der Waals surface area (Å²) in [6.45, 7) is 6.24. The predicted octanol–water partition coefficient (Wildman–Crippen LogP) is 12.0. The molecule has 236 valence electrons. The zero-order chi connectivity index (χ0) is 30.0. The zero-order valence-corrected chi connectivity index (χ0v) is 27.9. The first-order chi connectivity index (χ1) is 21.2. The minimum atomic E-state index is 0.835. The first-order valence-electron chi connectivity index (χ1n) is 18.3. The van der Waals surface area contributed by atoms with Gasteiger partial charge in [-0.05, 0) is 135 Å². The Labute approximate surface area is 265 Å². The maximum Gasteiger partial charge on any atom is 0.0681 e. The number of rotatable bonds is 20. The number of hydrogen-bond donors (Lipinski definition) is 0. The molecule has 0 saturated heterocycles. The third kappa shape index (κ3) is 13.2. The fourth-order valence-corrected chi connectivity index (χ4v) is 6.98. The van der Waals surface area contributed by atoms with Crippen LogP contribution in [-0.2, 0) is 30.4 Å². The number of unbranched alkanes of at least 4 members (excludes halogenated alkanes) is 6. The van der Waals surface area contributed by atoms with Gasteiger partial charge in [0.1, 0.15) is 0 Å². The molecule has 2 aliphatic carbocycles. The summed E-state index contributed by atoms with van der Waals surface area (Å²) in [5.41, 5.74) is 9.12. The van der Waals surface area contributed by atoms with Crippen LogP contribution in [-0.4, -0.2) is 13.2 Å². The maximum atomic E-state index is 6.21. The van der Waals surface area contributed by atoms with Crippen molar-refractivity contribution >= 4 is 0 Å². The van der Waals surface area contributed by atoms with E-state index in [4.69, 9.17) is 4.74 Å². The molecule has 2 atom stereocenters. The fourth-order valence-electron chi connectivity index (χ4n) is 6.98. The SMILES string of the molecule is CCCCCCc1ccc(CCC2CC=C(COCC3=CCC(CCc4ccc(CCCCCC)cc4)CC3)CC2)cc1. The van der Waals surface area contributed by atoms with Crippen molar-refractivity contribution in [1.82, 2.24) is 0 Å². The molecule has 1 nitrogen and oxygen atoms in total. The number of allylic oxidation sites excluding steroid dienone is 2. The molecule has 0 amide bonds. The minimum Gasteiger partial charge on any atom is -0.373 e. The van der Waals surface area contributed by atoms with Gasteiger partial charge in [0.15, 0.2) is 0 Å². The molecule has 0 radical (unpaired) electrons. The van der Waals surface area contributed by atoms with E-state index in [0.717, 1.165) is 25.0 Å². The lowest BCUT2D eigenvalue weighted by Crippen LogP contribution is -2.13. The number of benzene rings is 2. The quantitative estimate of drug-likeness (QED) is 0.111. The van der Waals surface area contributed by atoms with Crippen LogP contribution in [0.2, 0.25) is 0 Å². The molecule has 2 unspecified atom stereocenters. The van der Waals surface area contributed by atoms with Gasteiger partial charge in [0.05, 0.1) is 13.2 Å². The van der Waals surface area contributed by atoms with Crippen LogP contribution in [0.1, 0.15) is 139 Å². The Morgan fingerprint density at radius 2 is 0.907 bits per heavy atom. The van der Waals surface area contributed by atoms with Gasteiger partial charge in [-0.3, -0.25) is 0 Å². The van der Waals surface area contributed by atoms with Crippen LogP contribution < -0.4 is 0 Å². The van der Waals surface area contributed by atoms with E-state index in [1.165, 1.54) is 162 Å². The highest BCUT2D eigenvalue weighted by Crippen LogP contribution is 2.30. The summed E-state index contributed by atoms with van der Waals surface area (Å²) in [4.78, 5) is 0. The Morgan fingerprint density at radius 1 is 0.512 bits per heavy atom. The van der Waals surface area contributed by atoms with E-state index in [1.807, 2.05) is 0 Å². The maximum absolute atomic E-state index is 6.21. The Morgan fingerprint density at radius 3 is 1.26 bits per heavy atom. The van der Waals surface area contributed by atoms with E-state index in [2.05, 4.69) is 74.5 Å². The van der Waals surface area contributed by atoms with Gasteiger partial charge in [-0.1, -0.05) is 113 Å². The average molecular weight is 583 g/mol. The molecule has 0 aromatic heterocycles. The lowest BCUT2D eigenvalue weighted by atomic mass is 9.85. The summed E-state index contributed by atoms with van der Waals surface area (Å²) in [7, 11) is 0. The van der Waals surface area contributed by atoms with E-state index in [0.29, 0.717) is 0 Å². The van der Waals surface area contributed by atoms with Gasteiger partial charge in [-0.15, -0.1) is 0 Å². The lowest BCUT2D eigenvalue weighted by molar-refractivity contribution is 0.169. The largest absolute Gasteiger partial charge is 0.373 e. The molecule has 0 bridgehead atoms. The zero-order valence-electron chi connectivity index (χ0n) is 27.9. The molecule has 0 N–H and O–H groups in total. The van der Waals surface area contributed by atoms with E-state index < -0.39 is 0 Å². The van der Waals surface area contributed by atoms with Crippen LogP contribution in [0.5, 0.6) is 0 Å². The highest BCUT2D eigenvalue weighted by molar-refractivity contribution is 5.24. The Hall–Kier alpha value is -2.12. The molecule has 4 rings (SSSR count). The predicted molar refractivity (Wildman–Crippen MR) is 187 cm³/mol. The molecule has 0 spiro atoms. The molecule has 2 aromatic carbocycles. The molecular weight excluding hydrogens is 520 g/mol. The summed E-state index contributed by atoms with van der Waals surface area (Å²) in [6.07, 6.45) is 30.9. The van der Waals surface area contributed by atoms with E-state index >= 15 is 0 Å². The smallest absolute Gasteiger partial charge is 0.0681 e. The van der Waals surface area contributed by atoms with Crippen molar-refractivity contribution in [3.05, 3.63) is 94.1 Å². The van der Waals surface area contributed by atoms with Crippen molar-refractivity contribution in [1.29, 1.82) is 0 Å². The second-order valence-electron chi connectivity index (χ2n) is 13.8. The molecule has 1 heteroatoms. The molecule has 2 aromatic rings. The van der Waals surface area contributed by atoms with Crippen LogP contribution >= 0.6 is 0 Å². The van der Waals surface area contributed by atoms with Crippen molar-refractivity contribution in [3.8, 4) is 0 Å². The van der Waals surface area contributed by atoms with Gasteiger partial charge in [-0.25, -0.2) is 0 Å². The van der Waals surface area contributed by atoms with Crippen LogP contribution in [0.4, 0.5) is 0 Å². The summed E-state index contributed by atoms with van der Waals surface area (Å²) >= 11 is 0. The average Bonchev–Trinajstić information content (AvgIpc) is 3.05. The molecule has 2 aliphatic rings. The van der Waals surface area contributed by atoms with Crippen molar-refractivity contribution in [2.75, 3.05) is 13.2 Å². The Kier molecular flexibility index (Phi) is 15.7. The Balaban J connectivity index is 1.05. The van der Waals surface area contributed by atoms with Crippen molar-refractivity contribution in [2.45, 2.75) is 142 Å². The van der Waals surface area contributed by atoms with Crippen LogP contribution in [0, 0.1) is 11.8 Å². The van der Waals surface area contributed by atoms with E-state index in [1.54, 1.807) is 0 Å². The van der Waals surface area contributed by atoms with Crippen LogP contribution in [0.25, 0.3) is 0 Å². The monoisotopic (exact) mass is 582 g/mol. The van der Waals surface area contributed by atoms with Crippen LogP contribution in [0.3, 0.4) is 0 Å². The minimum absolute atomic E-state index is 0.835. The number of hydrogen-bond acceptors (Lipinski definition) is 1. The van der Waals surface area contributed by atoms with Gasteiger partial charge < -0.3 is 4.74 Å². The number of ether oxygens (including phenoxy) is 1. The summed E-state index contributed by atoms with van der Waals surface area (Å²) < 4.78 is 6.21. The van der Waals surface area contributed by atoms with Crippen molar-refractivity contribution in [2.24, 2.45) is 11.8 Å². The van der Waals surface area contributed by atoms with E-state index in [-0.39, 0.29) is 0 Å². The van der Waals surface area contributed by atoms with E-state index in [9.17, 15) is 0 Å². The fraction of sp³-hybridized carbons (Fsp3) is 0.619. The lowest BCUT2D eigenvalue weighted by Gasteiger charge is -2.24. The summed E-state index contributed by atoms with van der Waals surface area (Å²) in [5, 5.41) is 0. The van der Waals surface area contributed by atoms with Crippen molar-refractivity contribution < 1.29 is 4.74 Å². The van der Waals surface area contributed by atoms with Gasteiger partial charge >= 0.3 is 0 Å². The summed E-state index contributed by atoms with van der Waals surface area (Å²) in [6, 6.07) is 19.0. The molecule has 0 heterocycles. The van der Waals surface area contributed by atoms with Gasteiger partial charge in [0.2, 0.25) is 0 Å². The highest BCUT2D eigenvalue weighted by Gasteiger charge is 2.17. The molecule has 0 saturated carbocycles. The van der Waals surface area contributed by atoms with Gasteiger partial charge in [0, 0.05) is 0 Å². The topological polar surface area (TPSA) is 9.23 Å². The first kappa shape index (κ1) is 33.8. The normalized spacial score (nSPS) is 18.8. The van der Waals surface area contributed by atoms with Gasteiger partial charge in [0.25, 0.3) is 0 Å². The molecule has 0 aliphatic heterocycles. The molecular formula is C42H62O. The van der Waals surface area contributed by atoms with Gasteiger partial charge in [-0.2, -0.15) is 0 Å². The highest BCUT2D eigenvalue weighted by atomic mass is 16.5. The third-order valence-corrected chi connectivity index (χ3v) is 10.2. The first-order valence-corrected chi connectivity index (χ1v) is 18.3. The Bertz CT molecular complexity index is 985. The van der Waals surface area contributed by atoms with Crippen molar-refractivity contribution in [3.63, 3.8) is 0 Å². The molecule has 43 heavy (non-hydrogen) atoms. The molecule has 0 fully saturated rings. The summed E-state index contributed by atoms with van der Waals surface area (Å²) in [5.74, 6) is 1.67. The second-order valence-corrected chi connectivity index (χ2v) is 13.8.